The molecule has 0 fully saturated rings. The van der Waals surface area contributed by atoms with E-state index in [0.717, 1.165) is 38.0 Å². The Labute approximate surface area is 136 Å². The van der Waals surface area contributed by atoms with E-state index in [1.807, 2.05) is 44.2 Å². The normalized spacial score (nSPS) is 12.2. The van der Waals surface area contributed by atoms with Crippen LogP contribution >= 0.6 is 31.9 Å². The third-order valence-electron chi connectivity index (χ3n) is 2.94. The summed E-state index contributed by atoms with van der Waals surface area (Å²) in [5.74, 6) is 1.70. The van der Waals surface area contributed by atoms with Crippen molar-refractivity contribution in [3.8, 4) is 11.5 Å². The molecular formula is C16H17Br2NO. The van der Waals surface area contributed by atoms with Crippen molar-refractivity contribution in [1.82, 2.24) is 0 Å². The minimum Gasteiger partial charge on any atom is -0.457 e. The van der Waals surface area contributed by atoms with Crippen LogP contribution < -0.4 is 10.5 Å². The van der Waals surface area contributed by atoms with E-state index in [2.05, 4.69) is 37.9 Å². The first-order chi connectivity index (χ1) is 9.45. The summed E-state index contributed by atoms with van der Waals surface area (Å²) in [6, 6.07) is 12.2. The maximum Gasteiger partial charge on any atom is 0.131 e. The van der Waals surface area contributed by atoms with Gasteiger partial charge in [-0.2, -0.15) is 0 Å². The predicted molar refractivity (Wildman–Crippen MR) is 90.4 cm³/mol. The molecule has 0 aliphatic carbocycles. The topological polar surface area (TPSA) is 35.2 Å². The van der Waals surface area contributed by atoms with Gasteiger partial charge >= 0.3 is 0 Å². The predicted octanol–water partition coefficient (Wildman–Crippen LogP) is 5.20. The molecule has 0 heterocycles. The molecule has 0 aliphatic heterocycles. The Morgan fingerprint density at radius 1 is 1.05 bits per heavy atom. The van der Waals surface area contributed by atoms with Gasteiger partial charge < -0.3 is 10.5 Å². The molecule has 0 bridgehead atoms. The van der Waals surface area contributed by atoms with Gasteiger partial charge in [0.15, 0.2) is 0 Å². The minimum absolute atomic E-state index is 0.0992. The van der Waals surface area contributed by atoms with Crippen LogP contribution in [0, 0.1) is 6.92 Å². The van der Waals surface area contributed by atoms with Crippen LogP contribution in [0.2, 0.25) is 0 Å². The molecule has 4 heteroatoms. The fourth-order valence-electron chi connectivity index (χ4n) is 1.94. The smallest absolute Gasteiger partial charge is 0.131 e. The number of benzene rings is 2. The summed E-state index contributed by atoms with van der Waals surface area (Å²) in [7, 11) is 0. The molecular weight excluding hydrogens is 382 g/mol. The van der Waals surface area contributed by atoms with E-state index in [1.165, 1.54) is 0 Å². The number of nitrogens with two attached hydrogens (primary N) is 1. The third kappa shape index (κ3) is 4.08. The molecule has 2 aromatic carbocycles. The van der Waals surface area contributed by atoms with E-state index in [0.29, 0.717) is 0 Å². The lowest BCUT2D eigenvalue weighted by molar-refractivity contribution is 0.469. The maximum atomic E-state index is 6.09. The molecule has 0 saturated heterocycles. The van der Waals surface area contributed by atoms with Crippen molar-refractivity contribution in [3.05, 3.63) is 56.5 Å². The maximum absolute atomic E-state index is 6.09. The summed E-state index contributed by atoms with van der Waals surface area (Å²) in [4.78, 5) is 0. The van der Waals surface area contributed by atoms with Crippen molar-refractivity contribution < 1.29 is 4.74 Å². The Balaban J connectivity index is 2.36. The molecule has 2 nitrogen and oxygen atoms in total. The average Bonchev–Trinajstić information content (AvgIpc) is 2.37. The van der Waals surface area contributed by atoms with Gasteiger partial charge in [0.2, 0.25) is 0 Å². The van der Waals surface area contributed by atoms with Crippen LogP contribution in [0.1, 0.15) is 18.1 Å². The Morgan fingerprint density at radius 2 is 1.65 bits per heavy atom. The Bertz CT molecular complexity index is 611. The number of hydrogen-bond acceptors (Lipinski definition) is 2. The molecule has 20 heavy (non-hydrogen) atoms. The lowest BCUT2D eigenvalue weighted by Crippen LogP contribution is -2.18. The first-order valence-corrected chi connectivity index (χ1v) is 8.02. The lowest BCUT2D eigenvalue weighted by Gasteiger charge is -2.15. The molecule has 1 unspecified atom stereocenters. The molecule has 2 aromatic rings. The highest BCUT2D eigenvalue weighted by atomic mass is 79.9. The van der Waals surface area contributed by atoms with E-state index in [9.17, 15) is 0 Å². The Kier molecular flexibility index (Phi) is 5.24. The molecule has 0 radical (unpaired) electrons. The largest absolute Gasteiger partial charge is 0.457 e. The van der Waals surface area contributed by atoms with Gasteiger partial charge in [-0.15, -0.1) is 0 Å². The average molecular weight is 399 g/mol. The Morgan fingerprint density at radius 3 is 2.30 bits per heavy atom. The molecule has 1 atom stereocenters. The van der Waals surface area contributed by atoms with Crippen LogP contribution in [0.4, 0.5) is 0 Å². The van der Waals surface area contributed by atoms with Crippen molar-refractivity contribution in [3.63, 3.8) is 0 Å². The van der Waals surface area contributed by atoms with Crippen molar-refractivity contribution in [2.75, 3.05) is 0 Å². The fraction of sp³-hybridized carbons (Fsp3) is 0.250. The van der Waals surface area contributed by atoms with E-state index >= 15 is 0 Å². The fourth-order valence-corrected chi connectivity index (χ4v) is 2.62. The van der Waals surface area contributed by atoms with Crippen molar-refractivity contribution in [2.45, 2.75) is 26.3 Å². The van der Waals surface area contributed by atoms with E-state index in [-0.39, 0.29) is 6.04 Å². The van der Waals surface area contributed by atoms with Crippen LogP contribution in [-0.4, -0.2) is 6.04 Å². The monoisotopic (exact) mass is 397 g/mol. The zero-order chi connectivity index (χ0) is 14.7. The SMILES string of the molecule is Cc1ccc(Br)cc1Oc1cc(Br)ccc1CC(C)N. The first-order valence-electron chi connectivity index (χ1n) is 6.43. The second-order valence-corrected chi connectivity index (χ2v) is 6.78. The quantitative estimate of drug-likeness (QED) is 0.767. The summed E-state index contributed by atoms with van der Waals surface area (Å²) < 4.78 is 8.08. The zero-order valence-electron chi connectivity index (χ0n) is 11.5. The van der Waals surface area contributed by atoms with Crippen LogP contribution in [-0.2, 0) is 6.42 Å². The standard InChI is InChI=1S/C16H17Br2NO/c1-10-3-5-13(17)8-15(10)20-16-9-14(18)6-4-12(16)7-11(2)19/h3-6,8-9,11H,7,19H2,1-2H3. The number of rotatable bonds is 4. The summed E-state index contributed by atoms with van der Waals surface area (Å²) in [5.41, 5.74) is 8.11. The summed E-state index contributed by atoms with van der Waals surface area (Å²) in [6.45, 7) is 4.03. The van der Waals surface area contributed by atoms with Crippen LogP contribution in [0.25, 0.3) is 0 Å². The lowest BCUT2D eigenvalue weighted by atomic mass is 10.1. The highest BCUT2D eigenvalue weighted by molar-refractivity contribution is 9.10. The molecule has 106 valence electrons. The highest BCUT2D eigenvalue weighted by Crippen LogP contribution is 2.32. The Hall–Kier alpha value is -0.840. The molecule has 0 aromatic heterocycles. The van der Waals surface area contributed by atoms with E-state index in [4.69, 9.17) is 10.5 Å². The highest BCUT2D eigenvalue weighted by Gasteiger charge is 2.10. The van der Waals surface area contributed by atoms with Gasteiger partial charge in [0, 0.05) is 15.0 Å². The van der Waals surface area contributed by atoms with Gasteiger partial charge in [-0.25, -0.2) is 0 Å². The van der Waals surface area contributed by atoms with Crippen LogP contribution in [0.5, 0.6) is 11.5 Å². The second-order valence-electron chi connectivity index (χ2n) is 4.95. The molecule has 2 N–H and O–H groups in total. The summed E-state index contributed by atoms with van der Waals surface area (Å²) >= 11 is 6.96. The summed E-state index contributed by atoms with van der Waals surface area (Å²) in [5, 5.41) is 0. The van der Waals surface area contributed by atoms with E-state index in [1.54, 1.807) is 0 Å². The number of halogens is 2. The van der Waals surface area contributed by atoms with Crippen molar-refractivity contribution >= 4 is 31.9 Å². The molecule has 0 spiro atoms. The van der Waals surface area contributed by atoms with Gasteiger partial charge in [-0.3, -0.25) is 0 Å². The zero-order valence-corrected chi connectivity index (χ0v) is 14.7. The number of aryl methyl sites for hydroxylation is 1. The van der Waals surface area contributed by atoms with Gasteiger partial charge in [0.1, 0.15) is 11.5 Å². The molecule has 0 aliphatic rings. The van der Waals surface area contributed by atoms with Gasteiger partial charge in [-0.05, 0) is 55.7 Å². The van der Waals surface area contributed by atoms with Crippen LogP contribution in [0.15, 0.2) is 45.3 Å². The minimum atomic E-state index is 0.0992. The van der Waals surface area contributed by atoms with Gasteiger partial charge in [0.25, 0.3) is 0 Å². The molecule has 0 saturated carbocycles. The summed E-state index contributed by atoms with van der Waals surface area (Å²) in [6.07, 6.45) is 0.787. The van der Waals surface area contributed by atoms with Gasteiger partial charge in [0.05, 0.1) is 0 Å². The van der Waals surface area contributed by atoms with Crippen molar-refractivity contribution in [1.29, 1.82) is 0 Å². The molecule has 0 amide bonds. The number of ether oxygens (including phenoxy) is 1. The van der Waals surface area contributed by atoms with Crippen molar-refractivity contribution in [2.24, 2.45) is 5.73 Å². The van der Waals surface area contributed by atoms with E-state index < -0.39 is 0 Å². The van der Waals surface area contributed by atoms with Crippen LogP contribution in [0.3, 0.4) is 0 Å². The van der Waals surface area contributed by atoms with Gasteiger partial charge in [-0.1, -0.05) is 44.0 Å². The number of hydrogen-bond donors (Lipinski definition) is 1. The third-order valence-corrected chi connectivity index (χ3v) is 3.93. The molecule has 2 rings (SSSR count). The first kappa shape index (κ1) is 15.5. The second kappa shape index (κ2) is 6.74.